The Hall–Kier alpha value is -2.55. The Morgan fingerprint density at radius 2 is 1.78 bits per heavy atom. The molecule has 1 heterocycles. The average Bonchev–Trinajstić information content (AvgIpc) is 3.00. The van der Waals surface area contributed by atoms with Crippen molar-refractivity contribution >= 4 is 22.5 Å². The monoisotopic (exact) mass is 306 g/mol. The molecule has 1 amide bonds. The maximum Gasteiger partial charge on any atom is 0.234 e. The fourth-order valence-electron chi connectivity index (χ4n) is 2.94. The maximum atomic E-state index is 12.9. The lowest BCUT2D eigenvalue weighted by molar-refractivity contribution is -0.120. The van der Waals surface area contributed by atoms with Gasteiger partial charge in [0.15, 0.2) is 0 Å². The van der Waals surface area contributed by atoms with Crippen LogP contribution in [0.5, 0.6) is 0 Å². The first-order chi connectivity index (χ1) is 11.0. The molecular weight excluding hydrogens is 284 g/mol. The van der Waals surface area contributed by atoms with E-state index in [0.717, 1.165) is 34.1 Å². The topological polar surface area (TPSA) is 44.9 Å². The third-order valence-electron chi connectivity index (χ3n) is 4.48. The smallest absolute Gasteiger partial charge is 0.234 e. The first-order valence-corrected chi connectivity index (χ1v) is 8.00. The molecule has 1 aromatic heterocycles. The molecule has 0 atom stereocenters. The Morgan fingerprint density at radius 1 is 1.09 bits per heavy atom. The zero-order chi connectivity index (χ0) is 16.4. The quantitative estimate of drug-likeness (QED) is 0.724. The lowest BCUT2D eigenvalue weighted by atomic mass is 9.83. The second-order valence-corrected chi connectivity index (χ2v) is 6.34. The lowest BCUT2D eigenvalue weighted by Gasteiger charge is -2.24. The van der Waals surface area contributed by atoms with E-state index < -0.39 is 5.41 Å². The number of para-hydroxylation sites is 2. The number of aromatic amines is 1. The minimum absolute atomic E-state index is 0.00292. The Morgan fingerprint density at radius 3 is 2.57 bits per heavy atom. The van der Waals surface area contributed by atoms with Crippen LogP contribution in [0, 0.1) is 0 Å². The van der Waals surface area contributed by atoms with Crippen LogP contribution in [0.3, 0.4) is 0 Å². The van der Waals surface area contributed by atoms with Crippen LogP contribution >= 0.6 is 0 Å². The van der Waals surface area contributed by atoms with Gasteiger partial charge < -0.3 is 10.3 Å². The molecule has 3 rings (SSSR count). The molecule has 0 unspecified atom stereocenters. The van der Waals surface area contributed by atoms with Gasteiger partial charge in [0.1, 0.15) is 0 Å². The van der Waals surface area contributed by atoms with Crippen molar-refractivity contribution in [2.45, 2.75) is 32.6 Å². The number of anilines is 1. The average molecular weight is 306 g/mol. The summed E-state index contributed by atoms with van der Waals surface area (Å²) in [4.78, 5) is 16.2. The molecule has 0 radical (unpaired) electrons. The number of aromatic nitrogens is 1. The van der Waals surface area contributed by atoms with Gasteiger partial charge in [0, 0.05) is 22.8 Å². The van der Waals surface area contributed by atoms with Gasteiger partial charge in [-0.2, -0.15) is 0 Å². The van der Waals surface area contributed by atoms with E-state index in [2.05, 4.69) is 23.3 Å². The van der Waals surface area contributed by atoms with Crippen molar-refractivity contribution < 1.29 is 4.79 Å². The Kier molecular flexibility index (Phi) is 3.95. The number of benzene rings is 2. The summed E-state index contributed by atoms with van der Waals surface area (Å²) in [5.41, 5.74) is 3.49. The van der Waals surface area contributed by atoms with Crippen molar-refractivity contribution in [2.24, 2.45) is 0 Å². The van der Waals surface area contributed by atoms with Crippen LogP contribution in [-0.2, 0) is 16.6 Å². The molecule has 3 heteroatoms. The van der Waals surface area contributed by atoms with E-state index >= 15 is 0 Å². The molecule has 0 aliphatic carbocycles. The molecule has 2 aromatic carbocycles. The van der Waals surface area contributed by atoms with Crippen molar-refractivity contribution in [1.29, 1.82) is 0 Å². The molecule has 3 aromatic rings. The molecule has 3 nitrogen and oxygen atoms in total. The Bertz CT molecular complexity index is 845. The predicted molar refractivity (Wildman–Crippen MR) is 95.8 cm³/mol. The molecule has 0 fully saturated rings. The van der Waals surface area contributed by atoms with Gasteiger partial charge in [-0.1, -0.05) is 43.3 Å². The summed E-state index contributed by atoms with van der Waals surface area (Å²) >= 11 is 0. The minimum Gasteiger partial charge on any atom is -0.361 e. The number of amides is 1. The van der Waals surface area contributed by atoms with Gasteiger partial charge in [0.05, 0.1) is 5.41 Å². The summed E-state index contributed by atoms with van der Waals surface area (Å²) in [6.45, 7) is 6.02. The third-order valence-corrected chi connectivity index (χ3v) is 4.48. The highest BCUT2D eigenvalue weighted by molar-refractivity contribution is 6.02. The second-order valence-electron chi connectivity index (χ2n) is 6.34. The molecular formula is C20H22N2O. The number of aryl methyl sites for hydroxylation is 1. The van der Waals surface area contributed by atoms with Crippen LogP contribution in [0.2, 0.25) is 0 Å². The summed E-state index contributed by atoms with van der Waals surface area (Å²) in [7, 11) is 0. The van der Waals surface area contributed by atoms with Gasteiger partial charge in [-0.15, -0.1) is 0 Å². The zero-order valence-electron chi connectivity index (χ0n) is 13.8. The normalized spacial score (nSPS) is 11.6. The molecule has 0 spiro atoms. The molecule has 0 aliphatic heterocycles. The van der Waals surface area contributed by atoms with Gasteiger partial charge in [-0.05, 0) is 43.5 Å². The van der Waals surface area contributed by atoms with Gasteiger partial charge in [-0.25, -0.2) is 0 Å². The largest absolute Gasteiger partial charge is 0.361 e. The van der Waals surface area contributed by atoms with Crippen LogP contribution < -0.4 is 5.32 Å². The molecule has 0 aliphatic rings. The molecule has 0 saturated carbocycles. The standard InChI is InChI=1S/C20H22N2O/c1-4-14-9-5-7-11-17(14)22-19(23)20(2,3)16-13-21-18-12-8-6-10-15(16)18/h5-13,21H,4H2,1-3H3,(H,22,23). The highest BCUT2D eigenvalue weighted by atomic mass is 16.2. The summed E-state index contributed by atoms with van der Waals surface area (Å²) in [5, 5.41) is 4.20. The van der Waals surface area contributed by atoms with E-state index in [9.17, 15) is 4.79 Å². The predicted octanol–water partition coefficient (Wildman–Crippen LogP) is 4.65. The summed E-state index contributed by atoms with van der Waals surface area (Å²) < 4.78 is 0. The molecule has 23 heavy (non-hydrogen) atoms. The van der Waals surface area contributed by atoms with Crippen LogP contribution in [0.1, 0.15) is 31.9 Å². The Balaban J connectivity index is 1.94. The number of hydrogen-bond acceptors (Lipinski definition) is 1. The van der Waals surface area contributed by atoms with E-state index in [1.54, 1.807) is 0 Å². The first kappa shape index (κ1) is 15.3. The van der Waals surface area contributed by atoms with Crippen LogP contribution in [0.25, 0.3) is 10.9 Å². The van der Waals surface area contributed by atoms with E-state index in [1.807, 2.05) is 62.5 Å². The van der Waals surface area contributed by atoms with Crippen LogP contribution in [0.15, 0.2) is 54.7 Å². The number of fused-ring (bicyclic) bond motifs is 1. The van der Waals surface area contributed by atoms with Crippen molar-refractivity contribution in [3.05, 3.63) is 65.9 Å². The van der Waals surface area contributed by atoms with Gasteiger partial charge in [-0.3, -0.25) is 4.79 Å². The van der Waals surface area contributed by atoms with Gasteiger partial charge >= 0.3 is 0 Å². The van der Waals surface area contributed by atoms with Crippen molar-refractivity contribution in [1.82, 2.24) is 4.98 Å². The second kappa shape index (κ2) is 5.92. The number of carbonyl (C=O) groups is 1. The van der Waals surface area contributed by atoms with Crippen LogP contribution in [0.4, 0.5) is 5.69 Å². The Labute approximate surface area is 136 Å². The molecule has 118 valence electrons. The van der Waals surface area contributed by atoms with E-state index in [0.29, 0.717) is 0 Å². The summed E-state index contributed by atoms with van der Waals surface area (Å²) in [6.07, 6.45) is 2.83. The fourth-order valence-corrected chi connectivity index (χ4v) is 2.94. The van der Waals surface area contributed by atoms with E-state index in [1.165, 1.54) is 0 Å². The first-order valence-electron chi connectivity index (χ1n) is 8.00. The number of carbonyl (C=O) groups excluding carboxylic acids is 1. The van der Waals surface area contributed by atoms with Gasteiger partial charge in [0.25, 0.3) is 0 Å². The molecule has 0 saturated heterocycles. The zero-order valence-corrected chi connectivity index (χ0v) is 13.8. The van der Waals surface area contributed by atoms with Gasteiger partial charge in [0.2, 0.25) is 5.91 Å². The summed E-state index contributed by atoms with van der Waals surface area (Å²) in [5.74, 6) is 0.00292. The third kappa shape index (κ3) is 2.74. The number of H-pyrrole nitrogens is 1. The lowest BCUT2D eigenvalue weighted by Crippen LogP contribution is -2.34. The highest BCUT2D eigenvalue weighted by Crippen LogP contribution is 2.32. The maximum absolute atomic E-state index is 12.9. The SMILES string of the molecule is CCc1ccccc1NC(=O)C(C)(C)c1c[nH]c2ccccc12. The fraction of sp³-hybridized carbons (Fsp3) is 0.250. The van der Waals surface area contributed by atoms with E-state index in [4.69, 9.17) is 0 Å². The molecule has 2 N–H and O–H groups in total. The minimum atomic E-state index is -0.625. The van der Waals surface area contributed by atoms with Crippen LogP contribution in [-0.4, -0.2) is 10.9 Å². The van der Waals surface area contributed by atoms with Crippen molar-refractivity contribution in [3.8, 4) is 0 Å². The van der Waals surface area contributed by atoms with Crippen molar-refractivity contribution in [2.75, 3.05) is 5.32 Å². The highest BCUT2D eigenvalue weighted by Gasteiger charge is 2.32. The molecule has 0 bridgehead atoms. The summed E-state index contributed by atoms with van der Waals surface area (Å²) in [6, 6.07) is 16.0. The number of rotatable bonds is 4. The van der Waals surface area contributed by atoms with Crippen molar-refractivity contribution in [3.63, 3.8) is 0 Å². The van der Waals surface area contributed by atoms with E-state index in [-0.39, 0.29) is 5.91 Å². The number of hydrogen-bond donors (Lipinski definition) is 2. The number of nitrogens with one attached hydrogen (secondary N) is 2.